The van der Waals surface area contributed by atoms with Crippen LogP contribution in [0.3, 0.4) is 0 Å². The van der Waals surface area contributed by atoms with Crippen LogP contribution in [0, 0.1) is 0 Å². The monoisotopic (exact) mass is 795 g/mol. The molecule has 0 saturated carbocycles. The molecule has 16 nitrogen and oxygen atoms in total. The van der Waals surface area contributed by atoms with Crippen molar-refractivity contribution in [3.8, 4) is 11.5 Å². The van der Waals surface area contributed by atoms with Gasteiger partial charge < -0.3 is 47.7 Å². The van der Waals surface area contributed by atoms with Crippen molar-refractivity contribution in [2.24, 2.45) is 0 Å². The standard InChI is InChI=1S/C29H35Br2NO15/c1-14(34)32-13-20(21-19(32)12-18(30)23(22(21)31)42-11-10-41-9-8-40-7-6-33)46-29-27(45-17(4)37)25(44-16(3)36)24(43-15(2)35)26(47-29)28(38)39-5/h12-13,24-27,29,33H,6-11H2,1-5H3/t24-,25-,26-,27+,29+/m0/s1. The molecule has 3 rings (SSSR count). The molecule has 1 fully saturated rings. The molecule has 2 heterocycles. The number of methoxy groups -OCH3 is 1. The zero-order valence-electron chi connectivity index (χ0n) is 26.1. The fourth-order valence-corrected chi connectivity index (χ4v) is 6.16. The van der Waals surface area contributed by atoms with Crippen molar-refractivity contribution in [3.63, 3.8) is 0 Å². The van der Waals surface area contributed by atoms with Crippen molar-refractivity contribution in [2.45, 2.75) is 58.4 Å². The van der Waals surface area contributed by atoms with Gasteiger partial charge in [-0.3, -0.25) is 23.7 Å². The van der Waals surface area contributed by atoms with Gasteiger partial charge in [-0.15, -0.1) is 0 Å². The van der Waals surface area contributed by atoms with Gasteiger partial charge >= 0.3 is 23.9 Å². The molecular formula is C29H35Br2NO15. The number of aromatic nitrogens is 1. The van der Waals surface area contributed by atoms with E-state index in [-0.39, 0.29) is 38.8 Å². The Morgan fingerprint density at radius 2 is 1.43 bits per heavy atom. The van der Waals surface area contributed by atoms with Crippen LogP contribution < -0.4 is 9.47 Å². The molecule has 1 aliphatic heterocycles. The molecule has 18 heteroatoms. The number of rotatable bonds is 15. The van der Waals surface area contributed by atoms with E-state index >= 15 is 0 Å². The lowest BCUT2D eigenvalue weighted by molar-refractivity contribution is -0.282. The second kappa shape index (κ2) is 17.7. The Labute approximate surface area is 286 Å². The maximum absolute atomic E-state index is 12.8. The summed E-state index contributed by atoms with van der Waals surface area (Å²) in [6.07, 6.45) is -6.72. The topological polar surface area (TPSA) is 194 Å². The first kappa shape index (κ1) is 38.2. The number of esters is 4. The first-order valence-electron chi connectivity index (χ1n) is 14.1. The van der Waals surface area contributed by atoms with E-state index < -0.39 is 60.5 Å². The van der Waals surface area contributed by atoms with Crippen LogP contribution in [0.2, 0.25) is 0 Å². The molecule has 0 amide bonds. The fourth-order valence-electron chi connectivity index (χ4n) is 4.64. The number of benzene rings is 1. The third-order valence-electron chi connectivity index (χ3n) is 6.41. The Morgan fingerprint density at radius 1 is 0.851 bits per heavy atom. The van der Waals surface area contributed by atoms with E-state index in [0.29, 0.717) is 32.2 Å². The number of hydrogen-bond acceptors (Lipinski definition) is 15. The van der Waals surface area contributed by atoms with Crippen molar-refractivity contribution >= 4 is 72.5 Å². The van der Waals surface area contributed by atoms with Crippen LogP contribution in [0.15, 0.2) is 21.2 Å². The Hall–Kier alpha value is -3.29. The van der Waals surface area contributed by atoms with Crippen LogP contribution in [-0.2, 0) is 52.3 Å². The van der Waals surface area contributed by atoms with Gasteiger partial charge in [0.05, 0.1) is 66.2 Å². The number of carbonyl (C=O) groups excluding carboxylic acids is 5. The van der Waals surface area contributed by atoms with Crippen molar-refractivity contribution in [1.82, 2.24) is 4.57 Å². The molecular weight excluding hydrogens is 762 g/mol. The summed E-state index contributed by atoms with van der Waals surface area (Å²) in [5, 5.41) is 9.10. The Balaban J connectivity index is 2.04. The lowest BCUT2D eigenvalue weighted by atomic mass is 9.97. The lowest BCUT2D eigenvalue weighted by Gasteiger charge is -2.43. The minimum absolute atomic E-state index is 0.00925. The van der Waals surface area contributed by atoms with E-state index in [1.165, 1.54) is 17.7 Å². The highest BCUT2D eigenvalue weighted by Gasteiger charge is 2.56. The molecule has 1 saturated heterocycles. The van der Waals surface area contributed by atoms with Gasteiger partial charge in [-0.05, 0) is 37.9 Å². The SMILES string of the molecule is COC(=O)[C@H]1O[C@@H](Oc2cn(C(C)=O)c3cc(Br)c(OCCOCCOCCO)c(Br)c23)[C@H](OC(C)=O)[C@@H](OC(C)=O)[C@@H]1OC(C)=O. The van der Waals surface area contributed by atoms with Gasteiger partial charge in [0.1, 0.15) is 18.1 Å². The molecule has 2 aromatic rings. The average Bonchev–Trinajstić information content (AvgIpc) is 3.35. The van der Waals surface area contributed by atoms with Crippen LogP contribution in [-0.4, -0.2) is 117 Å². The van der Waals surface area contributed by atoms with Gasteiger partial charge in [0.25, 0.3) is 0 Å². The van der Waals surface area contributed by atoms with E-state index in [2.05, 4.69) is 31.9 Å². The van der Waals surface area contributed by atoms with Gasteiger partial charge in [-0.2, -0.15) is 0 Å². The summed E-state index contributed by atoms with van der Waals surface area (Å²) in [7, 11) is 1.07. The number of aliphatic hydroxyl groups is 1. The highest BCUT2D eigenvalue weighted by Crippen LogP contribution is 2.45. The van der Waals surface area contributed by atoms with Crippen LogP contribution in [0.5, 0.6) is 11.5 Å². The van der Waals surface area contributed by atoms with Crippen LogP contribution >= 0.6 is 31.9 Å². The maximum Gasteiger partial charge on any atom is 0.339 e. The summed E-state index contributed by atoms with van der Waals surface area (Å²) in [5.41, 5.74) is 0.370. The van der Waals surface area contributed by atoms with Crippen molar-refractivity contribution in [3.05, 3.63) is 21.2 Å². The van der Waals surface area contributed by atoms with Gasteiger partial charge in [0.15, 0.2) is 18.3 Å². The first-order chi connectivity index (χ1) is 22.3. The van der Waals surface area contributed by atoms with E-state index in [0.717, 1.165) is 27.9 Å². The van der Waals surface area contributed by atoms with Crippen LogP contribution in [0.1, 0.15) is 32.5 Å². The van der Waals surface area contributed by atoms with Gasteiger partial charge in [0, 0.05) is 27.7 Å². The van der Waals surface area contributed by atoms with Gasteiger partial charge in [-0.1, -0.05) is 0 Å². The Morgan fingerprint density at radius 3 is 2.00 bits per heavy atom. The van der Waals surface area contributed by atoms with Gasteiger partial charge in [0.2, 0.25) is 18.3 Å². The number of nitrogens with zero attached hydrogens (tertiary/aromatic N) is 1. The van der Waals surface area contributed by atoms with E-state index in [1.807, 2.05) is 0 Å². The molecule has 1 aromatic heterocycles. The molecule has 1 aromatic carbocycles. The van der Waals surface area contributed by atoms with E-state index in [1.54, 1.807) is 6.07 Å². The zero-order chi connectivity index (χ0) is 34.8. The second-order valence-electron chi connectivity index (χ2n) is 9.86. The summed E-state index contributed by atoms with van der Waals surface area (Å²) < 4.78 is 51.8. The van der Waals surface area contributed by atoms with Crippen molar-refractivity contribution < 1.29 is 71.7 Å². The van der Waals surface area contributed by atoms with Gasteiger partial charge in [-0.25, -0.2) is 4.79 Å². The number of carbonyl (C=O) groups is 5. The molecule has 0 aliphatic carbocycles. The Kier molecular flexibility index (Phi) is 14.4. The summed E-state index contributed by atoms with van der Waals surface area (Å²) in [6, 6.07) is 1.62. The molecule has 5 atom stereocenters. The van der Waals surface area contributed by atoms with Crippen LogP contribution in [0.4, 0.5) is 0 Å². The lowest BCUT2D eigenvalue weighted by Crippen LogP contribution is -2.64. The number of halogens is 2. The highest BCUT2D eigenvalue weighted by molar-refractivity contribution is 9.11. The average molecular weight is 797 g/mol. The first-order valence-corrected chi connectivity index (χ1v) is 15.7. The minimum atomic E-state index is -1.68. The normalized spacial score (nSPS) is 20.7. The number of fused-ring (bicyclic) bond motifs is 1. The third kappa shape index (κ3) is 9.86. The number of aliphatic hydroxyl groups excluding tert-OH is 1. The van der Waals surface area contributed by atoms with E-state index in [4.69, 9.17) is 47.7 Å². The highest BCUT2D eigenvalue weighted by atomic mass is 79.9. The molecule has 0 bridgehead atoms. The van der Waals surface area contributed by atoms with Crippen molar-refractivity contribution in [2.75, 3.05) is 46.8 Å². The molecule has 0 unspecified atom stereocenters. The Bertz CT molecular complexity index is 1460. The summed E-state index contributed by atoms with van der Waals surface area (Å²) >= 11 is 7.00. The quantitative estimate of drug-likeness (QED) is 0.157. The summed E-state index contributed by atoms with van der Waals surface area (Å²) in [5.74, 6) is -3.60. The molecule has 260 valence electrons. The minimum Gasteiger partial charge on any atom is -0.489 e. The number of hydrogen-bond donors (Lipinski definition) is 1. The molecule has 1 N–H and O–H groups in total. The second-order valence-corrected chi connectivity index (χ2v) is 11.5. The third-order valence-corrected chi connectivity index (χ3v) is 7.75. The van der Waals surface area contributed by atoms with Crippen molar-refractivity contribution in [1.29, 1.82) is 0 Å². The predicted molar refractivity (Wildman–Crippen MR) is 166 cm³/mol. The van der Waals surface area contributed by atoms with Crippen LogP contribution in [0.25, 0.3) is 10.9 Å². The summed E-state index contributed by atoms with van der Waals surface area (Å²) in [4.78, 5) is 61.8. The maximum atomic E-state index is 12.8. The molecule has 1 aliphatic rings. The smallest absolute Gasteiger partial charge is 0.339 e. The fraction of sp³-hybridized carbons (Fsp3) is 0.552. The molecule has 47 heavy (non-hydrogen) atoms. The van der Waals surface area contributed by atoms with E-state index in [9.17, 15) is 24.0 Å². The zero-order valence-corrected chi connectivity index (χ0v) is 29.3. The molecule has 0 spiro atoms. The number of ether oxygens (including phenoxy) is 9. The largest absolute Gasteiger partial charge is 0.489 e. The molecule has 0 radical (unpaired) electrons. The summed E-state index contributed by atoms with van der Waals surface area (Å²) in [6.45, 7) is 5.57. The predicted octanol–water partition coefficient (Wildman–Crippen LogP) is 2.30.